The number of likely N-dealkylation sites (N-methyl/N-ethyl adjacent to an activating group) is 1. The lowest BCUT2D eigenvalue weighted by Crippen LogP contribution is -2.47. The van der Waals surface area contributed by atoms with Crippen molar-refractivity contribution in [3.63, 3.8) is 0 Å². The number of carbonyl (C=O) groups is 1. The Morgan fingerprint density at radius 1 is 1.52 bits per heavy atom. The number of aliphatic carboxylic acids is 1. The summed E-state index contributed by atoms with van der Waals surface area (Å²) in [4.78, 5) is 14.1. The lowest BCUT2D eigenvalue weighted by Gasteiger charge is -2.36. The fraction of sp³-hybridized carbons (Fsp3) is 0.500. The molecule has 0 spiro atoms. The number of nitrogens with zero attached hydrogens (tertiary/aromatic N) is 3. The maximum absolute atomic E-state index is 12.9. The zero-order chi connectivity index (χ0) is 18.6. The molecule has 1 aliphatic rings. The smallest absolute Gasteiger partial charge is 0.417 e. The van der Waals surface area contributed by atoms with Gasteiger partial charge in [-0.2, -0.15) is 18.4 Å². The third-order valence-corrected chi connectivity index (χ3v) is 3.85. The van der Waals surface area contributed by atoms with Gasteiger partial charge in [-0.1, -0.05) is 0 Å². The van der Waals surface area contributed by atoms with Crippen LogP contribution in [0.4, 0.5) is 18.9 Å². The summed E-state index contributed by atoms with van der Waals surface area (Å²) < 4.78 is 44.2. The summed E-state index contributed by atoms with van der Waals surface area (Å²) in [6.45, 7) is 1.51. The topological polar surface area (TPSA) is 76.8 Å². The van der Waals surface area contributed by atoms with Crippen LogP contribution < -0.4 is 4.90 Å². The number of hydrogen-bond acceptors (Lipinski definition) is 5. The van der Waals surface area contributed by atoms with Crippen molar-refractivity contribution in [2.24, 2.45) is 0 Å². The summed E-state index contributed by atoms with van der Waals surface area (Å²) in [5.74, 6) is -0.948. The van der Waals surface area contributed by atoms with E-state index in [1.54, 1.807) is 18.0 Å². The molecule has 6 nitrogen and oxygen atoms in total. The van der Waals surface area contributed by atoms with Crippen LogP contribution in [-0.4, -0.2) is 61.9 Å². The molecule has 2 rings (SSSR count). The van der Waals surface area contributed by atoms with E-state index in [1.807, 2.05) is 4.90 Å². The quantitative estimate of drug-likeness (QED) is 0.866. The molecule has 1 heterocycles. The first-order chi connectivity index (χ1) is 11.7. The molecule has 25 heavy (non-hydrogen) atoms. The highest BCUT2D eigenvalue weighted by Crippen LogP contribution is 2.34. The van der Waals surface area contributed by atoms with Crippen LogP contribution in [0.15, 0.2) is 18.2 Å². The van der Waals surface area contributed by atoms with Gasteiger partial charge in [-0.15, -0.1) is 0 Å². The largest absolute Gasteiger partial charge is 0.480 e. The molecule has 0 radical (unpaired) electrons. The van der Waals surface area contributed by atoms with E-state index in [0.29, 0.717) is 31.9 Å². The van der Waals surface area contributed by atoms with Gasteiger partial charge in [-0.05, 0) is 25.2 Å². The predicted molar refractivity (Wildman–Crippen MR) is 83.2 cm³/mol. The van der Waals surface area contributed by atoms with E-state index in [9.17, 15) is 18.0 Å². The third kappa shape index (κ3) is 5.08. The van der Waals surface area contributed by atoms with E-state index in [-0.39, 0.29) is 12.6 Å². The van der Waals surface area contributed by atoms with Gasteiger partial charge in [0.1, 0.15) is 0 Å². The van der Waals surface area contributed by atoms with Crippen molar-refractivity contribution < 1.29 is 27.8 Å². The Morgan fingerprint density at radius 3 is 2.84 bits per heavy atom. The molecule has 1 fully saturated rings. The van der Waals surface area contributed by atoms with Crippen molar-refractivity contribution in [2.45, 2.75) is 12.3 Å². The second-order valence-electron chi connectivity index (χ2n) is 5.87. The van der Waals surface area contributed by atoms with Crippen molar-refractivity contribution in [3.05, 3.63) is 29.3 Å². The normalized spacial score (nSPS) is 18.2. The molecule has 0 aliphatic carbocycles. The van der Waals surface area contributed by atoms with Crippen LogP contribution in [0.25, 0.3) is 0 Å². The van der Waals surface area contributed by atoms with E-state index in [2.05, 4.69) is 0 Å². The number of rotatable bonds is 5. The number of nitriles is 1. The first-order valence-electron chi connectivity index (χ1n) is 7.59. The third-order valence-electron chi connectivity index (χ3n) is 3.85. The van der Waals surface area contributed by atoms with Gasteiger partial charge in [0.2, 0.25) is 0 Å². The minimum Gasteiger partial charge on any atom is -0.480 e. The van der Waals surface area contributed by atoms with E-state index in [0.717, 1.165) is 6.07 Å². The fourth-order valence-electron chi connectivity index (χ4n) is 2.78. The molecule has 1 unspecified atom stereocenters. The molecule has 1 aromatic carbocycles. The molecule has 1 atom stereocenters. The van der Waals surface area contributed by atoms with E-state index in [4.69, 9.17) is 15.1 Å². The van der Waals surface area contributed by atoms with Crippen LogP contribution in [-0.2, 0) is 15.7 Å². The van der Waals surface area contributed by atoms with Crippen LogP contribution in [0.2, 0.25) is 0 Å². The number of alkyl halides is 3. The Kier molecular flexibility index (Phi) is 5.87. The Balaban J connectivity index is 2.11. The van der Waals surface area contributed by atoms with E-state index < -0.39 is 23.3 Å². The summed E-state index contributed by atoms with van der Waals surface area (Å²) in [7, 11) is 1.66. The molecule has 9 heteroatoms. The fourth-order valence-corrected chi connectivity index (χ4v) is 2.78. The number of hydrogen-bond donors (Lipinski definition) is 1. The first kappa shape index (κ1) is 19.0. The first-order valence-corrected chi connectivity index (χ1v) is 7.59. The number of ether oxygens (including phenoxy) is 1. The maximum Gasteiger partial charge on any atom is 0.417 e. The van der Waals surface area contributed by atoms with Gasteiger partial charge in [0.25, 0.3) is 0 Å². The monoisotopic (exact) mass is 357 g/mol. The second kappa shape index (κ2) is 7.72. The van der Waals surface area contributed by atoms with Crippen LogP contribution in [0.1, 0.15) is 11.1 Å². The molecule has 0 bridgehead atoms. The number of morpholine rings is 1. The average Bonchev–Trinajstić information content (AvgIpc) is 2.52. The number of carboxylic acid groups (broad SMARTS) is 1. The second-order valence-corrected chi connectivity index (χ2v) is 5.87. The van der Waals surface area contributed by atoms with Crippen molar-refractivity contribution in [1.29, 1.82) is 5.26 Å². The lowest BCUT2D eigenvalue weighted by molar-refractivity contribution is -0.139. The summed E-state index contributed by atoms with van der Waals surface area (Å²) in [6, 6.07) is 5.08. The Labute approximate surface area is 143 Å². The van der Waals surface area contributed by atoms with Crippen molar-refractivity contribution in [2.75, 3.05) is 44.7 Å². The number of halogens is 3. The minimum atomic E-state index is -4.57. The predicted octanol–water partition coefficient (Wildman–Crippen LogP) is 1.80. The Hall–Kier alpha value is -2.31. The minimum absolute atomic E-state index is 0.126. The maximum atomic E-state index is 12.9. The molecule has 1 N–H and O–H groups in total. The van der Waals surface area contributed by atoms with Gasteiger partial charge < -0.3 is 14.7 Å². The summed E-state index contributed by atoms with van der Waals surface area (Å²) in [6.07, 6.45) is -4.85. The number of benzene rings is 1. The molecule has 0 amide bonds. The number of anilines is 1. The molecular formula is C16H18F3N3O3. The molecule has 136 valence electrons. The molecule has 1 aliphatic heterocycles. The Morgan fingerprint density at radius 2 is 2.24 bits per heavy atom. The highest BCUT2D eigenvalue weighted by molar-refractivity contribution is 5.69. The van der Waals surface area contributed by atoms with Crippen LogP contribution in [0.5, 0.6) is 0 Å². The van der Waals surface area contributed by atoms with Crippen LogP contribution >= 0.6 is 0 Å². The Bertz CT molecular complexity index is 673. The summed E-state index contributed by atoms with van der Waals surface area (Å²) >= 11 is 0. The molecule has 1 aromatic rings. The highest BCUT2D eigenvalue weighted by atomic mass is 19.4. The SMILES string of the molecule is CN(CC(=O)O)CC1CN(c2ccc(C(F)(F)F)c(C#N)c2)CCO1. The van der Waals surface area contributed by atoms with Gasteiger partial charge >= 0.3 is 12.1 Å². The van der Waals surface area contributed by atoms with E-state index in [1.165, 1.54) is 12.1 Å². The average molecular weight is 357 g/mol. The number of carboxylic acids is 1. The lowest BCUT2D eigenvalue weighted by atomic mass is 10.1. The van der Waals surface area contributed by atoms with Gasteiger partial charge in [0.15, 0.2) is 0 Å². The van der Waals surface area contributed by atoms with Crippen molar-refractivity contribution in [3.8, 4) is 6.07 Å². The van der Waals surface area contributed by atoms with Crippen LogP contribution in [0, 0.1) is 11.3 Å². The molecule has 0 aromatic heterocycles. The van der Waals surface area contributed by atoms with Gasteiger partial charge in [-0.25, -0.2) is 0 Å². The van der Waals surface area contributed by atoms with E-state index >= 15 is 0 Å². The molecule has 0 saturated carbocycles. The molecule has 1 saturated heterocycles. The molecular weight excluding hydrogens is 339 g/mol. The zero-order valence-corrected chi connectivity index (χ0v) is 13.6. The summed E-state index contributed by atoms with van der Waals surface area (Å²) in [5, 5.41) is 17.8. The summed E-state index contributed by atoms with van der Waals surface area (Å²) in [5.41, 5.74) is -0.862. The van der Waals surface area contributed by atoms with Gasteiger partial charge in [-0.3, -0.25) is 9.69 Å². The zero-order valence-electron chi connectivity index (χ0n) is 13.6. The van der Waals surface area contributed by atoms with Gasteiger partial charge in [0.05, 0.1) is 36.5 Å². The van der Waals surface area contributed by atoms with Crippen LogP contribution in [0.3, 0.4) is 0 Å². The highest BCUT2D eigenvalue weighted by Gasteiger charge is 2.34. The van der Waals surface area contributed by atoms with Crippen molar-refractivity contribution >= 4 is 11.7 Å². The van der Waals surface area contributed by atoms with Crippen molar-refractivity contribution in [1.82, 2.24) is 4.90 Å². The standard InChI is InChI=1S/C16H18F3N3O3/c1-21(10-15(23)24)8-13-9-22(4-5-25-13)12-2-3-14(16(17,18)19)11(6-12)7-20/h2-3,6,13H,4-5,8-10H2,1H3,(H,23,24). The van der Waals surface area contributed by atoms with Gasteiger partial charge in [0, 0.05) is 25.3 Å².